The van der Waals surface area contributed by atoms with Gasteiger partial charge in [-0.25, -0.2) is 4.98 Å². The zero-order chi connectivity index (χ0) is 11.5. The maximum atomic E-state index is 7.78. The molecule has 0 amide bonds. The molecular weight excluding hydrogens is 222 g/mol. The van der Waals surface area contributed by atoms with Gasteiger partial charge in [0.05, 0.1) is 6.54 Å². The molecule has 0 aliphatic rings. The van der Waals surface area contributed by atoms with Gasteiger partial charge in [0, 0.05) is 12.4 Å². The van der Waals surface area contributed by atoms with Crippen molar-refractivity contribution in [1.82, 2.24) is 9.55 Å². The van der Waals surface area contributed by atoms with Crippen LogP contribution in [-0.2, 0) is 6.54 Å². The fraction of sp³-hybridized carbons (Fsp3) is 0.167. The number of hydrogen-bond donors (Lipinski definition) is 1. The Hall–Kier alpha value is -1.61. The summed E-state index contributed by atoms with van der Waals surface area (Å²) in [7, 11) is 0. The zero-order valence-electron chi connectivity index (χ0n) is 8.94. The van der Waals surface area contributed by atoms with Gasteiger partial charge < -0.3 is 4.57 Å². The first-order valence-electron chi connectivity index (χ1n) is 4.97. The molecule has 1 N–H and O–H groups in total. The van der Waals surface area contributed by atoms with Crippen LogP contribution < -0.4 is 5.49 Å². The van der Waals surface area contributed by atoms with E-state index in [1.807, 2.05) is 29.8 Å². The van der Waals surface area contributed by atoms with E-state index >= 15 is 0 Å². The van der Waals surface area contributed by atoms with E-state index in [0.29, 0.717) is 17.2 Å². The number of hydrogen-bond acceptors (Lipinski definition) is 2. The maximum absolute atomic E-state index is 7.78. The van der Waals surface area contributed by atoms with Crippen molar-refractivity contribution in [2.75, 3.05) is 0 Å². The molecule has 2 heterocycles. The van der Waals surface area contributed by atoms with Gasteiger partial charge in [-0.2, -0.15) is 0 Å². The molecule has 3 nitrogen and oxygen atoms in total. The molecule has 0 radical (unpaired) electrons. The predicted octanol–water partition coefficient (Wildman–Crippen LogP) is 2.37. The Balaban J connectivity index is 2.30. The fourth-order valence-corrected chi connectivity index (χ4v) is 1.60. The van der Waals surface area contributed by atoms with E-state index < -0.39 is 0 Å². The Bertz CT molecular complexity index is 543. The summed E-state index contributed by atoms with van der Waals surface area (Å²) in [6.07, 6.45) is 3.69. The van der Waals surface area contributed by atoms with Crippen LogP contribution in [0.4, 0.5) is 0 Å². The summed E-state index contributed by atoms with van der Waals surface area (Å²) in [5.74, 6) is 0. The number of pyridine rings is 2. The highest BCUT2D eigenvalue weighted by molar-refractivity contribution is 6.29. The molecule has 2 aromatic heterocycles. The summed E-state index contributed by atoms with van der Waals surface area (Å²) in [5, 5.41) is 8.27. The second-order valence-electron chi connectivity index (χ2n) is 3.71. The van der Waals surface area contributed by atoms with Crippen molar-refractivity contribution >= 4 is 11.6 Å². The molecule has 0 aliphatic heterocycles. The number of nitrogens with one attached hydrogen (secondary N) is 1. The van der Waals surface area contributed by atoms with Crippen LogP contribution in [0.25, 0.3) is 0 Å². The molecule has 0 spiro atoms. The van der Waals surface area contributed by atoms with Crippen molar-refractivity contribution in [3.8, 4) is 0 Å². The van der Waals surface area contributed by atoms with E-state index in [0.717, 1.165) is 11.1 Å². The first-order chi connectivity index (χ1) is 7.65. The lowest BCUT2D eigenvalue weighted by Crippen LogP contribution is -2.19. The van der Waals surface area contributed by atoms with Crippen LogP contribution in [0, 0.1) is 12.3 Å². The van der Waals surface area contributed by atoms with E-state index in [4.69, 9.17) is 17.0 Å². The quantitative estimate of drug-likeness (QED) is 0.795. The van der Waals surface area contributed by atoms with Crippen molar-refractivity contribution in [1.29, 1.82) is 5.41 Å². The molecule has 0 saturated carbocycles. The van der Waals surface area contributed by atoms with Gasteiger partial charge in [0.1, 0.15) is 10.6 Å². The molecule has 2 rings (SSSR count). The summed E-state index contributed by atoms with van der Waals surface area (Å²) >= 11 is 5.72. The van der Waals surface area contributed by atoms with Crippen LogP contribution in [-0.4, -0.2) is 9.55 Å². The lowest BCUT2D eigenvalue weighted by atomic mass is 10.2. The van der Waals surface area contributed by atoms with Gasteiger partial charge in [-0.05, 0) is 30.2 Å². The minimum atomic E-state index is 0.487. The first-order valence-corrected chi connectivity index (χ1v) is 5.35. The third-order valence-electron chi connectivity index (χ3n) is 2.31. The second kappa shape index (κ2) is 4.49. The Morgan fingerprint density at radius 2 is 2.12 bits per heavy atom. The fourth-order valence-electron chi connectivity index (χ4n) is 1.49. The molecular formula is C12H12ClN3. The normalized spacial score (nSPS) is 10.4. The topological polar surface area (TPSA) is 41.7 Å². The molecule has 82 valence electrons. The third-order valence-corrected chi connectivity index (χ3v) is 2.54. The van der Waals surface area contributed by atoms with Crippen molar-refractivity contribution in [2.45, 2.75) is 13.5 Å². The first kappa shape index (κ1) is 10.9. The van der Waals surface area contributed by atoms with Gasteiger partial charge in [-0.3, -0.25) is 5.41 Å². The zero-order valence-corrected chi connectivity index (χ0v) is 9.70. The largest absolute Gasteiger partial charge is 0.329 e. The smallest absolute Gasteiger partial charge is 0.129 e. The van der Waals surface area contributed by atoms with Gasteiger partial charge >= 0.3 is 0 Å². The van der Waals surface area contributed by atoms with Gasteiger partial charge in [0.2, 0.25) is 0 Å². The van der Waals surface area contributed by atoms with Crippen molar-refractivity contribution < 1.29 is 0 Å². The lowest BCUT2D eigenvalue weighted by molar-refractivity contribution is 0.724. The van der Waals surface area contributed by atoms with Gasteiger partial charge in [0.15, 0.2) is 0 Å². The number of aryl methyl sites for hydroxylation is 1. The molecule has 0 atom stereocenters. The lowest BCUT2D eigenvalue weighted by Gasteiger charge is -2.07. The van der Waals surface area contributed by atoms with Crippen LogP contribution in [0.1, 0.15) is 11.1 Å². The molecule has 4 heteroatoms. The van der Waals surface area contributed by atoms with Gasteiger partial charge in [-0.15, -0.1) is 0 Å². The minimum absolute atomic E-state index is 0.487. The highest BCUT2D eigenvalue weighted by Crippen LogP contribution is 2.06. The van der Waals surface area contributed by atoms with E-state index in [-0.39, 0.29) is 0 Å². The molecule has 0 aromatic carbocycles. The predicted molar refractivity (Wildman–Crippen MR) is 63.4 cm³/mol. The molecule has 0 fully saturated rings. The maximum Gasteiger partial charge on any atom is 0.129 e. The van der Waals surface area contributed by atoms with E-state index in [2.05, 4.69) is 4.98 Å². The molecule has 0 saturated heterocycles. The van der Waals surface area contributed by atoms with Crippen LogP contribution in [0.3, 0.4) is 0 Å². The SMILES string of the molecule is Cc1ccc(=N)n(Cc2ccc(Cl)nc2)c1. The second-order valence-corrected chi connectivity index (χ2v) is 4.10. The number of halogens is 1. The molecule has 0 bridgehead atoms. The molecule has 0 unspecified atom stereocenters. The van der Waals surface area contributed by atoms with E-state index in [9.17, 15) is 0 Å². The van der Waals surface area contributed by atoms with Crippen LogP contribution >= 0.6 is 11.6 Å². The van der Waals surface area contributed by atoms with Gasteiger partial charge in [0.25, 0.3) is 0 Å². The summed E-state index contributed by atoms with van der Waals surface area (Å²) in [4.78, 5) is 4.02. The summed E-state index contributed by atoms with van der Waals surface area (Å²) in [6, 6.07) is 7.40. The number of rotatable bonds is 2. The van der Waals surface area contributed by atoms with Crippen LogP contribution in [0.2, 0.25) is 5.15 Å². The molecule has 0 aliphatic carbocycles. The Morgan fingerprint density at radius 3 is 2.81 bits per heavy atom. The summed E-state index contributed by atoms with van der Waals surface area (Å²) in [6.45, 7) is 2.65. The average molecular weight is 234 g/mol. The average Bonchev–Trinajstić information content (AvgIpc) is 2.27. The number of aromatic nitrogens is 2. The Morgan fingerprint density at radius 1 is 1.31 bits per heavy atom. The van der Waals surface area contributed by atoms with Crippen LogP contribution in [0.15, 0.2) is 36.7 Å². The molecule has 16 heavy (non-hydrogen) atoms. The van der Waals surface area contributed by atoms with E-state index in [1.165, 1.54) is 0 Å². The van der Waals surface area contributed by atoms with Crippen molar-refractivity contribution in [2.24, 2.45) is 0 Å². The standard InChI is InChI=1S/C12H12ClN3/c1-9-2-5-12(14)16(7-9)8-10-3-4-11(13)15-6-10/h2-7,14H,8H2,1H3. The monoisotopic (exact) mass is 233 g/mol. The Labute approximate surface area is 98.9 Å². The van der Waals surface area contributed by atoms with Crippen LogP contribution in [0.5, 0.6) is 0 Å². The Kier molecular flexibility index (Phi) is 3.06. The summed E-state index contributed by atoms with van der Waals surface area (Å²) in [5.41, 5.74) is 2.66. The number of nitrogens with zero attached hydrogens (tertiary/aromatic N) is 2. The third kappa shape index (κ3) is 2.49. The summed E-state index contributed by atoms with van der Waals surface area (Å²) < 4.78 is 1.88. The van der Waals surface area contributed by atoms with Crippen molar-refractivity contribution in [3.63, 3.8) is 0 Å². The molecule has 2 aromatic rings. The van der Waals surface area contributed by atoms with E-state index in [1.54, 1.807) is 18.3 Å². The van der Waals surface area contributed by atoms with Crippen molar-refractivity contribution in [3.05, 3.63) is 58.4 Å². The highest BCUT2D eigenvalue weighted by Gasteiger charge is 1.97. The minimum Gasteiger partial charge on any atom is -0.329 e. The highest BCUT2D eigenvalue weighted by atomic mass is 35.5. The van der Waals surface area contributed by atoms with Gasteiger partial charge in [-0.1, -0.05) is 23.7 Å².